The SMILES string of the molecule is CCN(CC)CC(=O)N1CCC[C@@H](c2n[nH]c(=S)n2CC)C1. The lowest BCUT2D eigenvalue weighted by molar-refractivity contribution is -0.133. The molecule has 1 aromatic heterocycles. The van der Waals surface area contributed by atoms with Crippen molar-refractivity contribution in [2.45, 2.75) is 46.1 Å². The van der Waals surface area contributed by atoms with Crippen LogP contribution in [0.2, 0.25) is 0 Å². The Balaban J connectivity index is 2.05. The van der Waals surface area contributed by atoms with Gasteiger partial charge in [-0.15, -0.1) is 0 Å². The molecule has 22 heavy (non-hydrogen) atoms. The standard InChI is InChI=1S/C15H27N5OS/c1-4-18(5-2)11-13(21)19-9-7-8-12(10-19)14-16-17-15(22)20(14)6-3/h12H,4-11H2,1-3H3,(H,17,22)/t12-/m1/s1. The summed E-state index contributed by atoms with van der Waals surface area (Å²) in [6, 6.07) is 0. The van der Waals surface area contributed by atoms with Crippen molar-refractivity contribution in [3.63, 3.8) is 0 Å². The zero-order chi connectivity index (χ0) is 16.1. The smallest absolute Gasteiger partial charge is 0.236 e. The molecule has 1 aliphatic heterocycles. The van der Waals surface area contributed by atoms with Crippen molar-refractivity contribution >= 4 is 18.1 Å². The molecule has 2 rings (SSSR count). The molecular formula is C15H27N5OS. The summed E-state index contributed by atoms with van der Waals surface area (Å²) in [5.41, 5.74) is 0. The average molecular weight is 325 g/mol. The lowest BCUT2D eigenvalue weighted by Crippen LogP contribution is -2.45. The Morgan fingerprint density at radius 2 is 2.14 bits per heavy atom. The van der Waals surface area contributed by atoms with Crippen LogP contribution in [-0.2, 0) is 11.3 Å². The summed E-state index contributed by atoms with van der Waals surface area (Å²) in [6.45, 7) is 11.0. The van der Waals surface area contributed by atoms with E-state index in [1.807, 2.05) is 9.47 Å². The summed E-state index contributed by atoms with van der Waals surface area (Å²) in [5.74, 6) is 1.50. The molecule has 1 aliphatic rings. The minimum Gasteiger partial charge on any atom is -0.341 e. The van der Waals surface area contributed by atoms with Crippen molar-refractivity contribution in [3.8, 4) is 0 Å². The topological polar surface area (TPSA) is 57.2 Å². The van der Waals surface area contributed by atoms with Crippen LogP contribution in [0, 0.1) is 4.77 Å². The predicted octanol–water partition coefficient (Wildman–Crippen LogP) is 2.01. The first-order chi connectivity index (χ1) is 10.6. The lowest BCUT2D eigenvalue weighted by atomic mass is 9.97. The third kappa shape index (κ3) is 3.76. The van der Waals surface area contributed by atoms with E-state index in [0.717, 1.165) is 51.4 Å². The number of hydrogen-bond acceptors (Lipinski definition) is 4. The molecule has 1 amide bonds. The van der Waals surface area contributed by atoms with Gasteiger partial charge in [-0.3, -0.25) is 14.8 Å². The van der Waals surface area contributed by atoms with E-state index in [-0.39, 0.29) is 11.8 Å². The number of piperidine rings is 1. The zero-order valence-electron chi connectivity index (χ0n) is 13.8. The highest BCUT2D eigenvalue weighted by molar-refractivity contribution is 7.71. The summed E-state index contributed by atoms with van der Waals surface area (Å²) in [4.78, 5) is 16.6. The molecule has 0 saturated carbocycles. The maximum Gasteiger partial charge on any atom is 0.236 e. The van der Waals surface area contributed by atoms with Crippen LogP contribution < -0.4 is 0 Å². The number of aromatic nitrogens is 3. The zero-order valence-corrected chi connectivity index (χ0v) is 14.7. The first-order valence-corrected chi connectivity index (χ1v) is 8.66. The van der Waals surface area contributed by atoms with Crippen LogP contribution in [-0.4, -0.2) is 63.2 Å². The summed E-state index contributed by atoms with van der Waals surface area (Å²) < 4.78 is 2.71. The van der Waals surface area contributed by atoms with Crippen molar-refractivity contribution in [2.24, 2.45) is 0 Å². The van der Waals surface area contributed by atoms with Crippen molar-refractivity contribution in [2.75, 3.05) is 32.7 Å². The first-order valence-electron chi connectivity index (χ1n) is 8.25. The van der Waals surface area contributed by atoms with Crippen LogP contribution in [0.3, 0.4) is 0 Å². The van der Waals surface area contributed by atoms with Crippen molar-refractivity contribution < 1.29 is 4.79 Å². The number of nitrogens with zero attached hydrogens (tertiary/aromatic N) is 4. The van der Waals surface area contributed by atoms with Crippen LogP contribution >= 0.6 is 12.2 Å². The van der Waals surface area contributed by atoms with E-state index in [2.05, 4.69) is 35.9 Å². The Morgan fingerprint density at radius 1 is 1.41 bits per heavy atom. The fourth-order valence-corrected chi connectivity index (χ4v) is 3.37. The Kier molecular flexibility index (Phi) is 6.14. The Bertz CT molecular complexity index is 548. The van der Waals surface area contributed by atoms with Crippen LogP contribution in [0.1, 0.15) is 45.4 Å². The van der Waals surface area contributed by atoms with Gasteiger partial charge in [0.25, 0.3) is 0 Å². The second kappa shape index (κ2) is 7.87. The van der Waals surface area contributed by atoms with Gasteiger partial charge in [0.1, 0.15) is 5.82 Å². The molecule has 6 nitrogen and oxygen atoms in total. The van der Waals surface area contributed by atoms with Crippen LogP contribution in [0.4, 0.5) is 0 Å². The van der Waals surface area contributed by atoms with Gasteiger partial charge in [0.2, 0.25) is 5.91 Å². The molecule has 0 unspecified atom stereocenters. The minimum absolute atomic E-state index is 0.227. The normalized spacial score (nSPS) is 18.9. The van der Waals surface area contributed by atoms with Crippen LogP contribution in [0.15, 0.2) is 0 Å². The molecule has 1 aromatic rings. The average Bonchev–Trinajstić information content (AvgIpc) is 2.93. The molecule has 0 aliphatic carbocycles. The number of rotatable bonds is 6. The van der Waals surface area contributed by atoms with Gasteiger partial charge in [-0.25, -0.2) is 0 Å². The molecule has 124 valence electrons. The van der Waals surface area contributed by atoms with Crippen LogP contribution in [0.25, 0.3) is 0 Å². The maximum absolute atomic E-state index is 12.5. The van der Waals surface area contributed by atoms with Crippen molar-refractivity contribution in [1.29, 1.82) is 0 Å². The van der Waals surface area contributed by atoms with E-state index >= 15 is 0 Å². The number of likely N-dealkylation sites (tertiary alicyclic amines) is 1. The van der Waals surface area contributed by atoms with Crippen molar-refractivity contribution in [1.82, 2.24) is 24.6 Å². The highest BCUT2D eigenvalue weighted by Gasteiger charge is 2.28. The summed E-state index contributed by atoms with van der Waals surface area (Å²) in [5, 5.41) is 7.28. The molecule has 2 heterocycles. The third-order valence-corrected chi connectivity index (χ3v) is 4.81. The van der Waals surface area contributed by atoms with E-state index in [1.165, 1.54) is 0 Å². The Hall–Kier alpha value is -1.21. The van der Waals surface area contributed by atoms with E-state index in [1.54, 1.807) is 0 Å². The molecule has 0 spiro atoms. The number of H-pyrrole nitrogens is 1. The molecule has 0 aromatic carbocycles. The summed E-state index contributed by atoms with van der Waals surface area (Å²) in [6.07, 6.45) is 2.09. The van der Waals surface area contributed by atoms with E-state index in [9.17, 15) is 4.79 Å². The quantitative estimate of drug-likeness (QED) is 0.813. The van der Waals surface area contributed by atoms with Crippen molar-refractivity contribution in [3.05, 3.63) is 10.6 Å². The number of carbonyl (C=O) groups excluding carboxylic acids is 1. The first kappa shape index (κ1) is 17.1. The number of carbonyl (C=O) groups is 1. The van der Waals surface area contributed by atoms with Gasteiger partial charge < -0.3 is 9.47 Å². The molecule has 0 bridgehead atoms. The summed E-state index contributed by atoms with van der Waals surface area (Å²) >= 11 is 5.27. The number of likely N-dealkylation sites (N-methyl/N-ethyl adjacent to an activating group) is 1. The second-order valence-electron chi connectivity index (χ2n) is 5.77. The largest absolute Gasteiger partial charge is 0.341 e. The van der Waals surface area contributed by atoms with E-state index in [4.69, 9.17) is 12.2 Å². The maximum atomic E-state index is 12.5. The van der Waals surface area contributed by atoms with Gasteiger partial charge >= 0.3 is 0 Å². The van der Waals surface area contributed by atoms with Gasteiger partial charge in [-0.2, -0.15) is 5.10 Å². The Labute approximate surface area is 137 Å². The molecule has 0 radical (unpaired) electrons. The number of amides is 1. The molecule has 1 atom stereocenters. The highest BCUT2D eigenvalue weighted by atomic mass is 32.1. The molecule has 1 saturated heterocycles. The van der Waals surface area contributed by atoms with Gasteiger partial charge in [0, 0.05) is 25.6 Å². The van der Waals surface area contributed by atoms with E-state index in [0.29, 0.717) is 11.3 Å². The Morgan fingerprint density at radius 3 is 2.77 bits per heavy atom. The molecule has 1 N–H and O–H groups in total. The van der Waals surface area contributed by atoms with Gasteiger partial charge in [0.05, 0.1) is 6.54 Å². The molecule has 1 fully saturated rings. The molecule has 7 heteroatoms. The minimum atomic E-state index is 0.227. The van der Waals surface area contributed by atoms with Gasteiger partial charge in [-0.05, 0) is 45.1 Å². The fraction of sp³-hybridized carbons (Fsp3) is 0.800. The van der Waals surface area contributed by atoms with Gasteiger partial charge in [-0.1, -0.05) is 13.8 Å². The number of hydrogen-bond donors (Lipinski definition) is 1. The summed E-state index contributed by atoms with van der Waals surface area (Å²) in [7, 11) is 0. The number of aromatic amines is 1. The highest BCUT2D eigenvalue weighted by Crippen LogP contribution is 2.25. The van der Waals surface area contributed by atoms with Crippen LogP contribution in [0.5, 0.6) is 0 Å². The third-order valence-electron chi connectivity index (χ3n) is 4.50. The second-order valence-corrected chi connectivity index (χ2v) is 6.16. The monoisotopic (exact) mass is 325 g/mol. The fourth-order valence-electron chi connectivity index (χ4n) is 3.10. The van der Waals surface area contributed by atoms with Gasteiger partial charge in [0.15, 0.2) is 4.77 Å². The lowest BCUT2D eigenvalue weighted by Gasteiger charge is -2.33. The molecular weight excluding hydrogens is 298 g/mol. The number of nitrogens with one attached hydrogen (secondary N) is 1. The predicted molar refractivity (Wildman–Crippen MR) is 89.4 cm³/mol. The van der Waals surface area contributed by atoms with E-state index < -0.39 is 0 Å².